The van der Waals surface area contributed by atoms with Crippen LogP contribution in [0.3, 0.4) is 0 Å². The molecule has 1 aromatic heterocycles. The van der Waals surface area contributed by atoms with Crippen molar-refractivity contribution in [3.05, 3.63) is 23.8 Å². The SMILES string of the molecule is CCN1C(=O)/C(=C/N(C)C)SC1Nn1cnnc1. The third-order valence-corrected chi connectivity index (χ3v) is 3.50. The summed E-state index contributed by atoms with van der Waals surface area (Å²) in [5.74, 6) is 0.0433. The van der Waals surface area contributed by atoms with Crippen LogP contribution in [0.4, 0.5) is 0 Å². The number of hydrogen-bond donors (Lipinski definition) is 1. The highest BCUT2D eigenvalue weighted by atomic mass is 32.2. The molecule has 0 bridgehead atoms. The van der Waals surface area contributed by atoms with Gasteiger partial charge < -0.3 is 9.80 Å². The molecule has 1 saturated heterocycles. The van der Waals surface area contributed by atoms with Gasteiger partial charge in [-0.2, -0.15) is 0 Å². The van der Waals surface area contributed by atoms with Crippen molar-refractivity contribution in [3.8, 4) is 0 Å². The van der Waals surface area contributed by atoms with Gasteiger partial charge in [0.2, 0.25) is 0 Å². The van der Waals surface area contributed by atoms with E-state index in [0.717, 1.165) is 4.91 Å². The zero-order valence-corrected chi connectivity index (χ0v) is 11.4. The first-order chi connectivity index (χ1) is 8.61. The van der Waals surface area contributed by atoms with Crippen LogP contribution in [0.25, 0.3) is 0 Å². The maximum Gasteiger partial charge on any atom is 0.264 e. The molecular weight excluding hydrogens is 252 g/mol. The maximum atomic E-state index is 12.1. The van der Waals surface area contributed by atoms with Crippen LogP contribution in [0.1, 0.15) is 6.92 Å². The molecule has 0 saturated carbocycles. The summed E-state index contributed by atoms with van der Waals surface area (Å²) in [6, 6.07) is 0. The predicted molar refractivity (Wildman–Crippen MR) is 69.9 cm³/mol. The molecule has 1 aliphatic rings. The van der Waals surface area contributed by atoms with E-state index in [2.05, 4.69) is 15.6 Å². The zero-order chi connectivity index (χ0) is 13.1. The minimum Gasteiger partial charge on any atom is -0.382 e. The van der Waals surface area contributed by atoms with Gasteiger partial charge in [0.05, 0.1) is 4.91 Å². The fraction of sp³-hybridized carbons (Fsp3) is 0.500. The summed E-state index contributed by atoms with van der Waals surface area (Å²) in [6.07, 6.45) is 4.96. The van der Waals surface area contributed by atoms with E-state index in [-0.39, 0.29) is 11.4 Å². The Hall–Kier alpha value is -1.70. The molecule has 2 heterocycles. The third-order valence-electron chi connectivity index (χ3n) is 2.39. The number of rotatable bonds is 4. The van der Waals surface area contributed by atoms with Crippen LogP contribution in [-0.2, 0) is 4.79 Å². The maximum absolute atomic E-state index is 12.1. The first-order valence-electron chi connectivity index (χ1n) is 5.59. The fourth-order valence-corrected chi connectivity index (χ4v) is 2.88. The van der Waals surface area contributed by atoms with Gasteiger partial charge in [0.1, 0.15) is 12.7 Å². The van der Waals surface area contributed by atoms with E-state index in [1.165, 1.54) is 11.8 Å². The molecule has 1 fully saturated rings. The average molecular weight is 268 g/mol. The quantitative estimate of drug-likeness (QED) is 0.782. The molecule has 1 aliphatic heterocycles. The lowest BCUT2D eigenvalue weighted by atomic mass is 10.4. The van der Waals surface area contributed by atoms with Gasteiger partial charge in [0, 0.05) is 26.8 Å². The highest BCUT2D eigenvalue weighted by Crippen LogP contribution is 2.33. The molecule has 0 spiro atoms. The molecule has 7 nitrogen and oxygen atoms in total. The predicted octanol–water partition coefficient (Wildman–Crippen LogP) is 0.103. The number of aromatic nitrogens is 3. The van der Waals surface area contributed by atoms with Crippen molar-refractivity contribution in [2.75, 3.05) is 26.1 Å². The second kappa shape index (κ2) is 5.30. The Morgan fingerprint density at radius 2 is 2.17 bits per heavy atom. The van der Waals surface area contributed by atoms with Crippen molar-refractivity contribution in [3.63, 3.8) is 0 Å². The van der Waals surface area contributed by atoms with E-state index >= 15 is 0 Å². The van der Waals surface area contributed by atoms with Crippen LogP contribution in [0.15, 0.2) is 23.8 Å². The van der Waals surface area contributed by atoms with Crippen molar-refractivity contribution < 1.29 is 4.79 Å². The summed E-state index contributed by atoms with van der Waals surface area (Å²) in [7, 11) is 3.80. The van der Waals surface area contributed by atoms with Crippen LogP contribution >= 0.6 is 11.8 Å². The van der Waals surface area contributed by atoms with Crippen molar-refractivity contribution >= 4 is 17.7 Å². The summed E-state index contributed by atoms with van der Waals surface area (Å²) in [5.41, 5.74) is 3.02. The smallest absolute Gasteiger partial charge is 0.264 e. The standard InChI is InChI=1S/C10H16N6OS/c1-4-16-9(17)8(5-14(2)3)18-10(16)13-15-6-11-12-7-15/h5-7,10,13H,4H2,1-3H3/b8-5-. The largest absolute Gasteiger partial charge is 0.382 e. The Kier molecular flexibility index (Phi) is 3.75. The molecule has 2 rings (SSSR count). The number of hydrogen-bond acceptors (Lipinski definition) is 6. The molecule has 8 heteroatoms. The Balaban J connectivity index is 2.13. The first-order valence-corrected chi connectivity index (χ1v) is 6.47. The Morgan fingerprint density at radius 1 is 1.50 bits per heavy atom. The Labute approximate surface area is 110 Å². The van der Waals surface area contributed by atoms with Gasteiger partial charge in [0.15, 0.2) is 5.50 Å². The summed E-state index contributed by atoms with van der Waals surface area (Å²) < 4.78 is 1.65. The lowest BCUT2D eigenvalue weighted by Crippen LogP contribution is -2.40. The van der Waals surface area contributed by atoms with Crippen LogP contribution < -0.4 is 5.43 Å². The van der Waals surface area contributed by atoms with Gasteiger partial charge in [-0.3, -0.25) is 10.2 Å². The summed E-state index contributed by atoms with van der Waals surface area (Å²) >= 11 is 1.49. The molecule has 1 atom stereocenters. The molecule has 1 unspecified atom stereocenters. The van der Waals surface area contributed by atoms with Gasteiger partial charge >= 0.3 is 0 Å². The summed E-state index contributed by atoms with van der Waals surface area (Å²) in [4.78, 5) is 16.5. The van der Waals surface area contributed by atoms with E-state index in [1.807, 2.05) is 32.1 Å². The Morgan fingerprint density at radius 3 is 2.72 bits per heavy atom. The van der Waals surface area contributed by atoms with Gasteiger partial charge in [-0.25, -0.2) is 4.68 Å². The van der Waals surface area contributed by atoms with Crippen molar-refractivity contribution in [2.24, 2.45) is 0 Å². The van der Waals surface area contributed by atoms with E-state index in [0.29, 0.717) is 6.54 Å². The molecule has 98 valence electrons. The number of nitrogens with one attached hydrogen (secondary N) is 1. The van der Waals surface area contributed by atoms with E-state index < -0.39 is 0 Å². The number of carbonyl (C=O) groups is 1. The Bertz CT molecular complexity index is 443. The normalized spacial score (nSPS) is 21.7. The molecule has 0 radical (unpaired) electrons. The van der Waals surface area contributed by atoms with Crippen molar-refractivity contribution in [1.82, 2.24) is 24.7 Å². The van der Waals surface area contributed by atoms with E-state index in [4.69, 9.17) is 0 Å². The highest BCUT2D eigenvalue weighted by Gasteiger charge is 2.35. The zero-order valence-electron chi connectivity index (χ0n) is 10.6. The second-order valence-electron chi connectivity index (χ2n) is 4.02. The highest BCUT2D eigenvalue weighted by molar-refractivity contribution is 8.05. The minimum absolute atomic E-state index is 0.0433. The molecular formula is C10H16N6OS. The average Bonchev–Trinajstić information content (AvgIpc) is 2.89. The van der Waals surface area contributed by atoms with E-state index in [9.17, 15) is 4.79 Å². The molecule has 0 aromatic carbocycles. The monoisotopic (exact) mass is 268 g/mol. The summed E-state index contributed by atoms with van der Waals surface area (Å²) in [6.45, 7) is 2.61. The number of thioether (sulfide) groups is 1. The van der Waals surface area contributed by atoms with E-state index in [1.54, 1.807) is 22.2 Å². The second-order valence-corrected chi connectivity index (χ2v) is 5.14. The minimum atomic E-state index is -0.135. The molecule has 1 N–H and O–H groups in total. The third kappa shape index (κ3) is 2.58. The summed E-state index contributed by atoms with van der Waals surface area (Å²) in [5, 5.41) is 7.43. The van der Waals surface area contributed by atoms with Crippen LogP contribution in [0.5, 0.6) is 0 Å². The van der Waals surface area contributed by atoms with Gasteiger partial charge in [-0.15, -0.1) is 10.2 Å². The lowest BCUT2D eigenvalue weighted by Gasteiger charge is -2.22. The first kappa shape index (κ1) is 12.7. The molecule has 1 amide bonds. The van der Waals surface area contributed by atoms with Crippen LogP contribution in [0.2, 0.25) is 0 Å². The lowest BCUT2D eigenvalue weighted by molar-refractivity contribution is -0.125. The van der Waals surface area contributed by atoms with Crippen LogP contribution in [0, 0.1) is 0 Å². The fourth-order valence-electron chi connectivity index (χ4n) is 1.60. The number of likely N-dealkylation sites (N-methyl/N-ethyl adjacent to an activating group) is 1. The van der Waals surface area contributed by atoms with Gasteiger partial charge in [-0.05, 0) is 6.92 Å². The molecule has 18 heavy (non-hydrogen) atoms. The topological polar surface area (TPSA) is 66.3 Å². The number of nitrogens with zero attached hydrogens (tertiary/aromatic N) is 5. The number of carbonyl (C=O) groups excluding carboxylic acids is 1. The molecule has 1 aromatic rings. The molecule has 0 aliphatic carbocycles. The number of amides is 1. The van der Waals surface area contributed by atoms with Crippen molar-refractivity contribution in [1.29, 1.82) is 0 Å². The van der Waals surface area contributed by atoms with Gasteiger partial charge in [-0.1, -0.05) is 11.8 Å². The van der Waals surface area contributed by atoms with Crippen molar-refractivity contribution in [2.45, 2.75) is 12.4 Å². The van der Waals surface area contributed by atoms with Gasteiger partial charge in [0.25, 0.3) is 5.91 Å². The van der Waals surface area contributed by atoms with Crippen LogP contribution in [-0.4, -0.2) is 56.7 Å².